The van der Waals surface area contributed by atoms with E-state index in [1.807, 2.05) is 0 Å². The summed E-state index contributed by atoms with van der Waals surface area (Å²) in [4.78, 5) is 2.41. The van der Waals surface area contributed by atoms with E-state index in [1.54, 1.807) is 0 Å². The fourth-order valence-corrected chi connectivity index (χ4v) is 1.49. The van der Waals surface area contributed by atoms with E-state index in [2.05, 4.69) is 37.9 Å². The van der Waals surface area contributed by atoms with E-state index in [-0.39, 0.29) is 0 Å². The fourth-order valence-electron chi connectivity index (χ4n) is 1.49. The third kappa shape index (κ3) is 2.57. The molecule has 0 unspecified atom stereocenters. The highest BCUT2D eigenvalue weighted by atomic mass is 15.1. The van der Waals surface area contributed by atoms with Gasteiger partial charge in [-0.05, 0) is 31.4 Å². The quantitative estimate of drug-likeness (QED) is 0.560. The molecule has 0 spiro atoms. The number of piperidine rings is 1. The van der Waals surface area contributed by atoms with E-state index in [1.165, 1.54) is 25.9 Å². The molecule has 1 heterocycles. The molecule has 1 aliphatic rings. The second kappa shape index (κ2) is 3.29. The van der Waals surface area contributed by atoms with E-state index in [9.17, 15) is 0 Å². The number of hydrogen-bond donors (Lipinski definition) is 0. The van der Waals surface area contributed by atoms with E-state index in [0.717, 1.165) is 0 Å². The molecule has 1 heteroatoms. The largest absolute Gasteiger partial charge is 0.378 e. The molecule has 11 heavy (non-hydrogen) atoms. The van der Waals surface area contributed by atoms with Crippen LogP contribution in [0.2, 0.25) is 0 Å². The smallest absolute Gasteiger partial charge is 0.0177 e. The molecule has 1 fully saturated rings. The molecule has 64 valence electrons. The summed E-state index contributed by atoms with van der Waals surface area (Å²) in [6, 6.07) is 0. The van der Waals surface area contributed by atoms with Gasteiger partial charge in [-0.3, -0.25) is 0 Å². The number of rotatable bonds is 1. The average Bonchev–Trinajstić information content (AvgIpc) is 1.94. The molecule has 0 N–H and O–H groups in total. The Morgan fingerprint density at radius 2 is 1.73 bits per heavy atom. The van der Waals surface area contributed by atoms with Gasteiger partial charge in [0.1, 0.15) is 0 Å². The van der Waals surface area contributed by atoms with E-state index in [0.29, 0.717) is 5.41 Å². The Bertz CT molecular complexity index is 137. The van der Waals surface area contributed by atoms with Crippen molar-refractivity contribution < 1.29 is 0 Å². The maximum Gasteiger partial charge on any atom is 0.0177 e. The molecule has 0 aromatic carbocycles. The predicted octanol–water partition coefficient (Wildman–Crippen LogP) is 2.64. The van der Waals surface area contributed by atoms with Crippen LogP contribution in [0.25, 0.3) is 0 Å². The van der Waals surface area contributed by atoms with Gasteiger partial charge in [0.15, 0.2) is 0 Å². The summed E-state index contributed by atoms with van der Waals surface area (Å²) in [7, 11) is 0. The Morgan fingerprint density at radius 1 is 1.18 bits per heavy atom. The van der Waals surface area contributed by atoms with Crippen molar-refractivity contribution in [1.82, 2.24) is 4.90 Å². The van der Waals surface area contributed by atoms with Crippen molar-refractivity contribution in [3.05, 3.63) is 12.3 Å². The third-order valence-electron chi connectivity index (χ3n) is 2.51. The van der Waals surface area contributed by atoms with Crippen LogP contribution in [0.15, 0.2) is 12.3 Å². The molecule has 0 radical (unpaired) electrons. The Morgan fingerprint density at radius 3 is 2.18 bits per heavy atom. The molecular formula is C10H19N. The molecule has 0 saturated carbocycles. The highest BCUT2D eigenvalue weighted by Crippen LogP contribution is 2.29. The summed E-state index contributed by atoms with van der Waals surface area (Å²) in [5, 5.41) is 0. The van der Waals surface area contributed by atoms with Crippen LogP contribution in [-0.4, -0.2) is 18.0 Å². The van der Waals surface area contributed by atoms with Crippen LogP contribution in [0, 0.1) is 5.41 Å². The van der Waals surface area contributed by atoms with Gasteiger partial charge in [-0.25, -0.2) is 0 Å². The standard InChI is InChI=1S/C10H19N/c1-4-7-11-8-5-10(2,3)6-9-11/h4,7H,5-6,8-9H2,1-3H3. The molecule has 0 aliphatic carbocycles. The Hall–Kier alpha value is -0.460. The molecule has 0 aromatic heterocycles. The molecule has 0 aromatic rings. The highest BCUT2D eigenvalue weighted by Gasteiger charge is 2.23. The van der Waals surface area contributed by atoms with Crippen LogP contribution in [0.5, 0.6) is 0 Å². The summed E-state index contributed by atoms with van der Waals surface area (Å²) < 4.78 is 0. The Labute approximate surface area is 70.1 Å². The normalized spacial score (nSPS) is 24.5. The van der Waals surface area contributed by atoms with Crippen molar-refractivity contribution in [1.29, 1.82) is 0 Å². The highest BCUT2D eigenvalue weighted by molar-refractivity contribution is 4.85. The minimum absolute atomic E-state index is 0.581. The lowest BCUT2D eigenvalue weighted by atomic mass is 9.83. The number of nitrogens with zero attached hydrogens (tertiary/aromatic N) is 1. The summed E-state index contributed by atoms with van der Waals surface area (Å²) >= 11 is 0. The number of allylic oxidation sites excluding steroid dienone is 1. The van der Waals surface area contributed by atoms with Gasteiger partial charge in [0.2, 0.25) is 0 Å². The molecular weight excluding hydrogens is 134 g/mol. The van der Waals surface area contributed by atoms with Gasteiger partial charge in [-0.2, -0.15) is 0 Å². The second-order valence-electron chi connectivity index (χ2n) is 4.18. The minimum Gasteiger partial charge on any atom is -0.378 e. The van der Waals surface area contributed by atoms with Gasteiger partial charge < -0.3 is 4.90 Å². The zero-order valence-corrected chi connectivity index (χ0v) is 7.93. The van der Waals surface area contributed by atoms with Crippen LogP contribution < -0.4 is 0 Å². The molecule has 1 saturated heterocycles. The SMILES string of the molecule is CC=CN1CCC(C)(C)CC1. The lowest BCUT2D eigenvalue weighted by Crippen LogP contribution is -2.33. The van der Waals surface area contributed by atoms with Crippen molar-refractivity contribution in [2.75, 3.05) is 13.1 Å². The zero-order chi connectivity index (χ0) is 8.32. The van der Waals surface area contributed by atoms with Gasteiger partial charge in [0.05, 0.1) is 0 Å². The number of hydrogen-bond acceptors (Lipinski definition) is 1. The van der Waals surface area contributed by atoms with Crippen LogP contribution in [-0.2, 0) is 0 Å². The first-order chi connectivity index (χ1) is 5.14. The lowest BCUT2D eigenvalue weighted by Gasteiger charge is -2.36. The van der Waals surface area contributed by atoms with Crippen molar-refractivity contribution in [2.24, 2.45) is 5.41 Å². The maximum atomic E-state index is 2.41. The van der Waals surface area contributed by atoms with Crippen molar-refractivity contribution >= 4 is 0 Å². The summed E-state index contributed by atoms with van der Waals surface area (Å²) in [6.45, 7) is 9.27. The first-order valence-corrected chi connectivity index (χ1v) is 4.51. The minimum atomic E-state index is 0.581. The summed E-state index contributed by atoms with van der Waals surface area (Å²) in [5.74, 6) is 0. The van der Waals surface area contributed by atoms with Gasteiger partial charge in [-0.15, -0.1) is 0 Å². The van der Waals surface area contributed by atoms with Crippen molar-refractivity contribution in [2.45, 2.75) is 33.6 Å². The van der Waals surface area contributed by atoms with E-state index < -0.39 is 0 Å². The number of likely N-dealkylation sites (tertiary alicyclic amines) is 1. The van der Waals surface area contributed by atoms with Crippen LogP contribution in [0.4, 0.5) is 0 Å². The molecule has 0 atom stereocenters. The predicted molar refractivity (Wildman–Crippen MR) is 49.4 cm³/mol. The molecule has 1 nitrogen and oxygen atoms in total. The lowest BCUT2D eigenvalue weighted by molar-refractivity contribution is 0.173. The van der Waals surface area contributed by atoms with Gasteiger partial charge in [-0.1, -0.05) is 19.9 Å². The molecule has 1 rings (SSSR count). The average molecular weight is 153 g/mol. The Balaban J connectivity index is 2.36. The van der Waals surface area contributed by atoms with Crippen molar-refractivity contribution in [3.8, 4) is 0 Å². The zero-order valence-electron chi connectivity index (χ0n) is 7.93. The van der Waals surface area contributed by atoms with Gasteiger partial charge in [0.25, 0.3) is 0 Å². The second-order valence-corrected chi connectivity index (χ2v) is 4.18. The molecule has 0 amide bonds. The van der Waals surface area contributed by atoms with Crippen molar-refractivity contribution in [3.63, 3.8) is 0 Å². The van der Waals surface area contributed by atoms with Gasteiger partial charge in [0, 0.05) is 13.1 Å². The summed E-state index contributed by atoms with van der Waals surface area (Å²) in [5.41, 5.74) is 0.581. The van der Waals surface area contributed by atoms with Crippen LogP contribution in [0.1, 0.15) is 33.6 Å². The summed E-state index contributed by atoms with van der Waals surface area (Å²) in [6.07, 6.45) is 6.99. The maximum absolute atomic E-state index is 2.41. The molecule has 1 aliphatic heterocycles. The first-order valence-electron chi connectivity index (χ1n) is 4.51. The van der Waals surface area contributed by atoms with E-state index >= 15 is 0 Å². The third-order valence-corrected chi connectivity index (χ3v) is 2.51. The van der Waals surface area contributed by atoms with E-state index in [4.69, 9.17) is 0 Å². The van der Waals surface area contributed by atoms with Gasteiger partial charge >= 0.3 is 0 Å². The fraction of sp³-hybridized carbons (Fsp3) is 0.800. The molecule has 0 bridgehead atoms. The monoisotopic (exact) mass is 153 g/mol. The van der Waals surface area contributed by atoms with Crippen LogP contribution >= 0.6 is 0 Å². The Kier molecular flexibility index (Phi) is 2.58. The topological polar surface area (TPSA) is 3.24 Å². The van der Waals surface area contributed by atoms with Crippen LogP contribution in [0.3, 0.4) is 0 Å². The first kappa shape index (κ1) is 8.63.